The van der Waals surface area contributed by atoms with Crippen LogP contribution < -0.4 is 5.32 Å². The Bertz CT molecular complexity index is 967. The summed E-state index contributed by atoms with van der Waals surface area (Å²) in [6.45, 7) is 2.05. The first-order valence-electron chi connectivity index (χ1n) is 7.92. The molecule has 1 amide bonds. The molecule has 0 saturated carbocycles. The zero-order chi connectivity index (χ0) is 17.2. The number of carbonyl (C=O) groups excluding carboxylic acids is 1. The fourth-order valence-corrected chi connectivity index (χ4v) is 2.56. The number of nitrogens with one attached hydrogen (secondary N) is 2. The Kier molecular flexibility index (Phi) is 3.81. The van der Waals surface area contributed by atoms with E-state index in [1.165, 1.54) is 0 Å². The van der Waals surface area contributed by atoms with Crippen molar-refractivity contribution in [1.29, 1.82) is 0 Å². The van der Waals surface area contributed by atoms with Gasteiger partial charge in [-0.1, -0.05) is 18.2 Å². The molecular formula is C18H16N4O3. The van der Waals surface area contributed by atoms with Crippen molar-refractivity contribution in [1.82, 2.24) is 20.5 Å². The molecule has 25 heavy (non-hydrogen) atoms. The lowest BCUT2D eigenvalue weighted by Gasteiger charge is -2.08. The van der Waals surface area contributed by atoms with Crippen LogP contribution in [0.5, 0.6) is 0 Å². The number of nitrogens with zero attached hydrogens (tertiary/aromatic N) is 2. The highest BCUT2D eigenvalue weighted by Crippen LogP contribution is 2.25. The highest BCUT2D eigenvalue weighted by molar-refractivity contribution is 5.85. The molecule has 2 N–H and O–H groups in total. The molecule has 0 aliphatic carbocycles. The van der Waals surface area contributed by atoms with E-state index in [1.54, 1.807) is 18.4 Å². The van der Waals surface area contributed by atoms with Crippen molar-refractivity contribution in [2.75, 3.05) is 0 Å². The predicted molar refractivity (Wildman–Crippen MR) is 90.6 cm³/mol. The topological polar surface area (TPSA) is 97.0 Å². The third kappa shape index (κ3) is 3.03. The lowest BCUT2D eigenvalue weighted by Crippen LogP contribution is -2.27. The Balaban J connectivity index is 1.41. The largest absolute Gasteiger partial charge is 0.461 e. The van der Waals surface area contributed by atoms with Gasteiger partial charge in [-0.3, -0.25) is 9.89 Å². The summed E-state index contributed by atoms with van der Waals surface area (Å²) in [4.78, 5) is 16.7. The number of aromatic nitrogens is 3. The number of fused-ring (bicyclic) bond motifs is 1. The van der Waals surface area contributed by atoms with Crippen molar-refractivity contribution in [3.63, 3.8) is 0 Å². The van der Waals surface area contributed by atoms with Gasteiger partial charge in [0, 0.05) is 5.39 Å². The van der Waals surface area contributed by atoms with E-state index in [0.717, 1.165) is 11.0 Å². The smallest absolute Gasteiger partial charge is 0.230 e. The summed E-state index contributed by atoms with van der Waals surface area (Å²) < 4.78 is 11.0. The van der Waals surface area contributed by atoms with E-state index in [4.69, 9.17) is 8.83 Å². The highest BCUT2D eigenvalue weighted by Gasteiger charge is 2.19. The number of hydrogen-bond acceptors (Lipinski definition) is 5. The van der Waals surface area contributed by atoms with Crippen molar-refractivity contribution < 1.29 is 13.6 Å². The summed E-state index contributed by atoms with van der Waals surface area (Å²) in [5.74, 6) is 1.67. The molecule has 4 rings (SSSR count). The second kappa shape index (κ2) is 6.27. The quantitative estimate of drug-likeness (QED) is 0.583. The van der Waals surface area contributed by atoms with Gasteiger partial charge >= 0.3 is 0 Å². The van der Waals surface area contributed by atoms with Crippen molar-refractivity contribution in [2.45, 2.75) is 19.4 Å². The van der Waals surface area contributed by atoms with Gasteiger partial charge in [0.1, 0.15) is 17.2 Å². The number of rotatable bonds is 5. The normalized spacial score (nSPS) is 12.4. The number of H-pyrrole nitrogens is 1. The first-order chi connectivity index (χ1) is 12.2. The van der Waals surface area contributed by atoms with E-state index in [0.29, 0.717) is 23.2 Å². The molecule has 0 aliphatic rings. The molecule has 0 bridgehead atoms. The van der Waals surface area contributed by atoms with Crippen LogP contribution in [0.25, 0.3) is 22.6 Å². The SMILES string of the molecule is C[C@@H](C(=O)NCc1nc(-c2ccco2)n[nH]1)c1cc2ccccc2o1. The number of benzene rings is 1. The molecule has 0 unspecified atom stereocenters. The van der Waals surface area contributed by atoms with Gasteiger partial charge in [-0.15, -0.1) is 5.10 Å². The summed E-state index contributed by atoms with van der Waals surface area (Å²) in [7, 11) is 0. The molecule has 4 aromatic rings. The molecule has 0 spiro atoms. The van der Waals surface area contributed by atoms with Gasteiger partial charge in [0.15, 0.2) is 5.76 Å². The minimum Gasteiger partial charge on any atom is -0.461 e. The Morgan fingerprint density at radius 1 is 1.28 bits per heavy atom. The van der Waals surface area contributed by atoms with Crippen molar-refractivity contribution >= 4 is 16.9 Å². The Morgan fingerprint density at radius 3 is 2.96 bits per heavy atom. The third-order valence-electron chi connectivity index (χ3n) is 3.97. The van der Waals surface area contributed by atoms with Gasteiger partial charge in [-0.05, 0) is 31.2 Å². The van der Waals surface area contributed by atoms with Crippen molar-refractivity contribution in [3.05, 3.63) is 60.3 Å². The predicted octanol–water partition coefficient (Wildman–Crippen LogP) is 3.23. The third-order valence-corrected chi connectivity index (χ3v) is 3.97. The molecule has 3 aromatic heterocycles. The maximum absolute atomic E-state index is 12.4. The maximum Gasteiger partial charge on any atom is 0.230 e. The van der Waals surface area contributed by atoms with E-state index < -0.39 is 5.92 Å². The van der Waals surface area contributed by atoms with Crippen LogP contribution in [0, 0.1) is 0 Å². The van der Waals surface area contributed by atoms with Crippen molar-refractivity contribution in [2.24, 2.45) is 0 Å². The number of carbonyl (C=O) groups is 1. The molecule has 0 aliphatic heterocycles. The molecule has 1 atom stereocenters. The average molecular weight is 336 g/mol. The Hall–Kier alpha value is -3.35. The van der Waals surface area contributed by atoms with Crippen LogP contribution in [0.15, 0.2) is 57.6 Å². The minimum atomic E-state index is -0.403. The fraction of sp³-hybridized carbons (Fsp3) is 0.167. The summed E-state index contributed by atoms with van der Waals surface area (Å²) in [5, 5.41) is 10.7. The Morgan fingerprint density at radius 2 is 2.16 bits per heavy atom. The molecule has 126 valence electrons. The first kappa shape index (κ1) is 15.2. The fourth-order valence-electron chi connectivity index (χ4n) is 2.56. The van der Waals surface area contributed by atoms with Gasteiger partial charge in [0.2, 0.25) is 11.7 Å². The number of hydrogen-bond donors (Lipinski definition) is 2. The molecule has 7 nitrogen and oxygen atoms in total. The van der Waals surface area contributed by atoms with Crippen LogP contribution >= 0.6 is 0 Å². The van der Waals surface area contributed by atoms with Gasteiger partial charge in [0.05, 0.1) is 18.7 Å². The molecule has 0 saturated heterocycles. The van der Waals surface area contributed by atoms with E-state index in [1.807, 2.05) is 37.3 Å². The van der Waals surface area contributed by atoms with Crippen LogP contribution in [0.1, 0.15) is 24.4 Å². The summed E-state index contributed by atoms with van der Waals surface area (Å²) in [6.07, 6.45) is 1.56. The average Bonchev–Trinajstić information content (AvgIpc) is 3.38. The van der Waals surface area contributed by atoms with E-state index in [9.17, 15) is 4.79 Å². The zero-order valence-electron chi connectivity index (χ0n) is 13.5. The standard InChI is InChI=1S/C18H16N4O3/c1-11(15-9-12-5-2-3-6-13(12)25-15)18(23)19-10-16-20-17(22-21-16)14-7-4-8-24-14/h2-9,11H,10H2,1H3,(H,19,23)(H,20,21,22)/t11-/m1/s1. The number of furan rings is 2. The van der Waals surface area contributed by atoms with Crippen LogP contribution in [-0.4, -0.2) is 21.1 Å². The van der Waals surface area contributed by atoms with Crippen LogP contribution in [0.3, 0.4) is 0 Å². The lowest BCUT2D eigenvalue weighted by molar-refractivity contribution is -0.122. The first-order valence-corrected chi connectivity index (χ1v) is 7.92. The number of para-hydroxylation sites is 1. The van der Waals surface area contributed by atoms with Crippen LogP contribution in [0.4, 0.5) is 0 Å². The van der Waals surface area contributed by atoms with Gasteiger partial charge in [-0.2, -0.15) is 0 Å². The number of aromatic amines is 1. The van der Waals surface area contributed by atoms with Gasteiger partial charge < -0.3 is 14.2 Å². The number of amides is 1. The lowest BCUT2D eigenvalue weighted by atomic mass is 10.1. The summed E-state index contributed by atoms with van der Waals surface area (Å²) in [6, 6.07) is 13.1. The molecule has 1 aromatic carbocycles. The monoisotopic (exact) mass is 336 g/mol. The van der Waals surface area contributed by atoms with Crippen LogP contribution in [0.2, 0.25) is 0 Å². The van der Waals surface area contributed by atoms with Gasteiger partial charge in [-0.25, -0.2) is 4.98 Å². The van der Waals surface area contributed by atoms with Crippen molar-refractivity contribution in [3.8, 4) is 11.6 Å². The van der Waals surface area contributed by atoms with E-state index in [-0.39, 0.29) is 12.5 Å². The summed E-state index contributed by atoms with van der Waals surface area (Å²) in [5.41, 5.74) is 0.774. The Labute approximate surface area is 143 Å². The molecular weight excluding hydrogens is 320 g/mol. The molecule has 7 heteroatoms. The molecule has 3 heterocycles. The summed E-state index contributed by atoms with van der Waals surface area (Å²) >= 11 is 0. The zero-order valence-corrected chi connectivity index (χ0v) is 13.5. The van der Waals surface area contributed by atoms with Gasteiger partial charge in [0.25, 0.3) is 0 Å². The molecule has 0 radical (unpaired) electrons. The van der Waals surface area contributed by atoms with E-state index >= 15 is 0 Å². The second-order valence-electron chi connectivity index (χ2n) is 5.71. The highest BCUT2D eigenvalue weighted by atomic mass is 16.3. The maximum atomic E-state index is 12.4. The van der Waals surface area contributed by atoms with E-state index in [2.05, 4.69) is 20.5 Å². The second-order valence-corrected chi connectivity index (χ2v) is 5.71. The minimum absolute atomic E-state index is 0.144. The van der Waals surface area contributed by atoms with Crippen LogP contribution in [-0.2, 0) is 11.3 Å². The molecule has 0 fully saturated rings.